The maximum Gasteiger partial charge on any atom is 0.411 e. The number of likely N-dealkylation sites (N-methyl/N-ethyl adjacent to an activating group) is 1. The van der Waals surface area contributed by atoms with Gasteiger partial charge in [0.1, 0.15) is 18.6 Å². The molecule has 0 spiro atoms. The van der Waals surface area contributed by atoms with Gasteiger partial charge in [-0.15, -0.1) is 0 Å². The Morgan fingerprint density at radius 3 is 2.51 bits per heavy atom. The van der Waals surface area contributed by atoms with E-state index in [9.17, 15) is 19.2 Å². The fourth-order valence-corrected chi connectivity index (χ4v) is 4.59. The molecule has 35 heavy (non-hydrogen) atoms. The van der Waals surface area contributed by atoms with Crippen LogP contribution in [-0.2, 0) is 19.9 Å². The molecule has 2 aromatic rings. The highest BCUT2D eigenvalue weighted by Crippen LogP contribution is 2.40. The molecule has 0 radical (unpaired) electrons. The highest BCUT2D eigenvalue weighted by atomic mass is 19.1. The first-order chi connectivity index (χ1) is 16.6. The van der Waals surface area contributed by atoms with Crippen LogP contribution in [0.25, 0.3) is 5.57 Å². The van der Waals surface area contributed by atoms with Crippen LogP contribution in [0.15, 0.2) is 66.9 Å². The lowest BCUT2D eigenvalue weighted by molar-refractivity contribution is -0.800. The van der Waals surface area contributed by atoms with Gasteiger partial charge in [-0.05, 0) is 47.9 Å². The van der Waals surface area contributed by atoms with Crippen LogP contribution < -0.4 is 0 Å². The van der Waals surface area contributed by atoms with E-state index in [4.69, 9.17) is 9.47 Å². The number of rotatable bonds is 6. The summed E-state index contributed by atoms with van der Waals surface area (Å²) in [4.78, 5) is 26.9. The number of quaternary nitrogens is 1. The second-order valence-corrected chi connectivity index (χ2v) is 9.21. The third-order valence-electron chi connectivity index (χ3n) is 6.67. The zero-order valence-electron chi connectivity index (χ0n) is 20.1. The first-order valence-corrected chi connectivity index (χ1v) is 11.5. The molecule has 2 aliphatic heterocycles. The van der Waals surface area contributed by atoms with Gasteiger partial charge in [-0.3, -0.25) is 4.79 Å². The number of amides is 1. The summed E-state index contributed by atoms with van der Waals surface area (Å²) < 4.78 is 23.7. The highest BCUT2D eigenvalue weighted by molar-refractivity contribution is 5.75. The minimum absolute atomic E-state index is 0.155. The van der Waals surface area contributed by atoms with Crippen LogP contribution in [0.1, 0.15) is 42.5 Å². The maximum atomic E-state index is 13.5. The van der Waals surface area contributed by atoms with Gasteiger partial charge in [0, 0.05) is 18.5 Å². The number of carbonyl (C=O) groups is 2. The summed E-state index contributed by atoms with van der Waals surface area (Å²) >= 11 is 0. The SMILES string of the molecule is COC(=O)C[C@]1(c2ccc(F)cc2)CCN([C@@H](C)c2ccc(C3=C[N+](C)([O-])CC=C3)cc2)C(=O)O1. The van der Waals surface area contributed by atoms with Crippen LogP contribution in [-0.4, -0.2) is 48.9 Å². The number of halogens is 1. The van der Waals surface area contributed by atoms with Crippen molar-refractivity contribution in [2.24, 2.45) is 0 Å². The van der Waals surface area contributed by atoms with E-state index in [1.54, 1.807) is 18.1 Å². The number of allylic oxidation sites excluding steroid dienone is 2. The summed E-state index contributed by atoms with van der Waals surface area (Å²) in [6.45, 7) is 2.66. The second-order valence-electron chi connectivity index (χ2n) is 9.21. The summed E-state index contributed by atoms with van der Waals surface area (Å²) in [5, 5.41) is 12.3. The Kier molecular flexibility index (Phi) is 6.78. The predicted molar refractivity (Wildman–Crippen MR) is 129 cm³/mol. The van der Waals surface area contributed by atoms with Crippen molar-refractivity contribution in [1.82, 2.24) is 4.90 Å². The molecule has 4 rings (SSSR count). The zero-order valence-corrected chi connectivity index (χ0v) is 20.1. The number of hydroxylamine groups is 3. The Bertz CT molecular complexity index is 1160. The van der Waals surface area contributed by atoms with Crippen LogP contribution in [0.5, 0.6) is 0 Å². The van der Waals surface area contributed by atoms with Crippen molar-refractivity contribution < 1.29 is 28.1 Å². The van der Waals surface area contributed by atoms with Crippen molar-refractivity contribution in [3.63, 3.8) is 0 Å². The number of nitrogens with zero attached hydrogens (tertiary/aromatic N) is 2. The Balaban J connectivity index is 1.52. The van der Waals surface area contributed by atoms with E-state index >= 15 is 0 Å². The fraction of sp³-hybridized carbons (Fsp3) is 0.333. The average molecular weight is 481 g/mol. The van der Waals surface area contributed by atoms with E-state index in [1.807, 2.05) is 43.3 Å². The standard InChI is InChI=1S/C27H29FN2O5/c1-19(20-6-8-21(9-7-20)22-5-4-16-30(2,33)18-22)29-15-14-27(35-26(29)32,17-25(31)34-3)23-10-12-24(28)13-11-23/h4-13,18-19H,14-17H2,1-3H3/t19-,27-,30?/m0/s1. The largest absolute Gasteiger partial charge is 0.628 e. The molecule has 3 atom stereocenters. The third-order valence-corrected chi connectivity index (χ3v) is 6.67. The lowest BCUT2D eigenvalue weighted by Gasteiger charge is -2.43. The predicted octanol–water partition coefficient (Wildman–Crippen LogP) is 5.04. The van der Waals surface area contributed by atoms with Crippen molar-refractivity contribution in [2.45, 2.75) is 31.4 Å². The molecule has 8 heteroatoms. The van der Waals surface area contributed by atoms with Crippen LogP contribution in [0.4, 0.5) is 9.18 Å². The van der Waals surface area contributed by atoms with Gasteiger partial charge in [0.05, 0.1) is 26.6 Å². The maximum absolute atomic E-state index is 13.5. The smallest absolute Gasteiger partial charge is 0.411 e. The fourth-order valence-electron chi connectivity index (χ4n) is 4.59. The molecule has 2 aromatic carbocycles. The average Bonchev–Trinajstić information content (AvgIpc) is 2.83. The van der Waals surface area contributed by atoms with Crippen molar-refractivity contribution in [1.29, 1.82) is 0 Å². The first kappa shape index (κ1) is 24.6. The van der Waals surface area contributed by atoms with Crippen LogP contribution >= 0.6 is 0 Å². The van der Waals surface area contributed by atoms with E-state index in [0.717, 1.165) is 16.7 Å². The van der Waals surface area contributed by atoms with E-state index < -0.39 is 28.1 Å². The van der Waals surface area contributed by atoms with Gasteiger partial charge in [0.15, 0.2) is 5.60 Å². The van der Waals surface area contributed by atoms with Crippen molar-refractivity contribution >= 4 is 17.6 Å². The van der Waals surface area contributed by atoms with Crippen LogP contribution in [0.2, 0.25) is 0 Å². The molecule has 2 heterocycles. The number of hydrogen-bond donors (Lipinski definition) is 0. The third kappa shape index (κ3) is 5.28. The van der Waals surface area contributed by atoms with E-state index in [-0.39, 0.29) is 12.5 Å². The molecule has 1 amide bonds. The van der Waals surface area contributed by atoms with E-state index in [0.29, 0.717) is 25.1 Å². The summed E-state index contributed by atoms with van der Waals surface area (Å²) in [7, 11) is 2.88. The summed E-state index contributed by atoms with van der Waals surface area (Å²) in [5.74, 6) is -0.931. The summed E-state index contributed by atoms with van der Waals surface area (Å²) in [6, 6.07) is 13.1. The topological polar surface area (TPSA) is 78.9 Å². The molecular weight excluding hydrogens is 451 g/mol. The van der Waals surface area contributed by atoms with E-state index in [2.05, 4.69) is 0 Å². The van der Waals surface area contributed by atoms with Crippen LogP contribution in [0.3, 0.4) is 0 Å². The van der Waals surface area contributed by atoms with E-state index in [1.165, 1.54) is 31.4 Å². The highest BCUT2D eigenvalue weighted by Gasteiger charge is 2.45. The molecule has 184 valence electrons. The van der Waals surface area contributed by atoms with Gasteiger partial charge in [-0.2, -0.15) is 0 Å². The summed E-state index contributed by atoms with van der Waals surface area (Å²) in [5.41, 5.74) is 2.02. The first-order valence-electron chi connectivity index (χ1n) is 11.5. The number of carbonyl (C=O) groups excluding carboxylic acids is 2. The normalized spacial score (nSPS) is 25.0. The molecule has 0 bridgehead atoms. The zero-order chi connectivity index (χ0) is 25.2. The number of benzene rings is 2. The van der Waals surface area contributed by atoms with Gasteiger partial charge in [0.2, 0.25) is 0 Å². The molecule has 2 aliphatic rings. The minimum atomic E-state index is -1.22. The molecule has 0 aromatic heterocycles. The van der Waals surface area contributed by atoms with Gasteiger partial charge in [-0.25, -0.2) is 9.18 Å². The Morgan fingerprint density at radius 2 is 1.91 bits per heavy atom. The quantitative estimate of drug-likeness (QED) is 0.329. The Morgan fingerprint density at radius 1 is 1.23 bits per heavy atom. The molecule has 1 saturated heterocycles. The molecule has 0 aliphatic carbocycles. The Hall–Kier alpha value is -3.49. The lowest BCUT2D eigenvalue weighted by Crippen LogP contribution is -2.49. The number of methoxy groups -OCH3 is 1. The number of ether oxygens (including phenoxy) is 2. The number of hydrogen-bond acceptors (Lipinski definition) is 5. The number of cyclic esters (lactones) is 1. The van der Waals surface area contributed by atoms with Gasteiger partial charge in [-0.1, -0.05) is 36.4 Å². The van der Waals surface area contributed by atoms with Crippen LogP contribution in [0, 0.1) is 11.0 Å². The van der Waals surface area contributed by atoms with Gasteiger partial charge in [0.25, 0.3) is 0 Å². The van der Waals surface area contributed by atoms with Crippen molar-refractivity contribution in [2.75, 3.05) is 27.2 Å². The molecule has 1 fully saturated rings. The van der Waals surface area contributed by atoms with Gasteiger partial charge >= 0.3 is 12.1 Å². The van der Waals surface area contributed by atoms with Crippen molar-refractivity contribution in [3.8, 4) is 0 Å². The monoisotopic (exact) mass is 480 g/mol. The second kappa shape index (κ2) is 9.64. The molecule has 0 saturated carbocycles. The Labute approximate surface area is 204 Å². The summed E-state index contributed by atoms with van der Waals surface area (Å²) in [6.07, 6.45) is 5.12. The number of esters is 1. The van der Waals surface area contributed by atoms with Crippen molar-refractivity contribution in [3.05, 3.63) is 94.6 Å². The lowest BCUT2D eigenvalue weighted by atomic mass is 9.85. The molecule has 1 unspecified atom stereocenters. The minimum Gasteiger partial charge on any atom is -0.628 e. The molecule has 0 N–H and O–H groups in total. The van der Waals surface area contributed by atoms with Gasteiger partial charge < -0.3 is 24.2 Å². The molecular formula is C27H29FN2O5. The molecule has 7 nitrogen and oxygen atoms in total.